The van der Waals surface area contributed by atoms with Crippen molar-refractivity contribution in [3.8, 4) is 0 Å². The average Bonchev–Trinajstić information content (AvgIpc) is 2.74. The monoisotopic (exact) mass is 219 g/mol. The molecule has 2 N–H and O–H groups in total. The number of anilines is 1. The van der Waals surface area contributed by atoms with Gasteiger partial charge >= 0.3 is 5.97 Å². The minimum absolute atomic E-state index is 0.0902. The summed E-state index contributed by atoms with van der Waals surface area (Å²) >= 11 is 0. The first-order valence-corrected chi connectivity index (χ1v) is 5.74. The van der Waals surface area contributed by atoms with E-state index in [1.165, 1.54) is 0 Å². The van der Waals surface area contributed by atoms with Crippen LogP contribution in [0, 0.1) is 6.92 Å². The van der Waals surface area contributed by atoms with Gasteiger partial charge in [0.05, 0.1) is 5.56 Å². The van der Waals surface area contributed by atoms with Crippen LogP contribution in [-0.2, 0) is 4.74 Å². The van der Waals surface area contributed by atoms with Gasteiger partial charge in [-0.05, 0) is 44.7 Å². The molecule has 0 heterocycles. The fourth-order valence-corrected chi connectivity index (χ4v) is 2.07. The molecule has 0 atom stereocenters. The van der Waals surface area contributed by atoms with Gasteiger partial charge in [-0.1, -0.05) is 11.6 Å². The second kappa shape index (κ2) is 4.56. The smallest absolute Gasteiger partial charge is 0.340 e. The molecule has 0 aromatic heterocycles. The van der Waals surface area contributed by atoms with E-state index in [0.717, 1.165) is 31.2 Å². The van der Waals surface area contributed by atoms with Crippen LogP contribution in [0.15, 0.2) is 18.2 Å². The van der Waals surface area contributed by atoms with Crippen molar-refractivity contribution in [1.82, 2.24) is 0 Å². The maximum absolute atomic E-state index is 11.9. The summed E-state index contributed by atoms with van der Waals surface area (Å²) in [6, 6.07) is 5.43. The first kappa shape index (κ1) is 11.0. The zero-order valence-corrected chi connectivity index (χ0v) is 9.53. The highest BCUT2D eigenvalue weighted by Crippen LogP contribution is 2.23. The van der Waals surface area contributed by atoms with E-state index in [-0.39, 0.29) is 12.1 Å². The average molecular weight is 219 g/mol. The molecule has 86 valence electrons. The summed E-state index contributed by atoms with van der Waals surface area (Å²) in [4.78, 5) is 11.9. The Hall–Kier alpha value is -1.51. The molecular formula is C13H17NO2. The minimum Gasteiger partial charge on any atom is -0.459 e. The molecule has 0 unspecified atom stereocenters. The van der Waals surface area contributed by atoms with Gasteiger partial charge in [0.2, 0.25) is 0 Å². The van der Waals surface area contributed by atoms with Gasteiger partial charge in [0.15, 0.2) is 0 Å². The molecule has 1 aromatic carbocycles. The minimum atomic E-state index is -0.284. The van der Waals surface area contributed by atoms with Gasteiger partial charge in [-0.25, -0.2) is 4.79 Å². The third kappa shape index (κ3) is 2.35. The number of hydrogen-bond donors (Lipinski definition) is 1. The van der Waals surface area contributed by atoms with Gasteiger partial charge in [0.25, 0.3) is 0 Å². The van der Waals surface area contributed by atoms with Crippen LogP contribution < -0.4 is 5.73 Å². The van der Waals surface area contributed by atoms with Gasteiger partial charge < -0.3 is 10.5 Å². The van der Waals surface area contributed by atoms with E-state index >= 15 is 0 Å². The molecule has 0 bridgehead atoms. The Morgan fingerprint density at radius 2 is 2.06 bits per heavy atom. The summed E-state index contributed by atoms with van der Waals surface area (Å²) < 4.78 is 5.41. The molecule has 0 aliphatic heterocycles. The molecule has 2 rings (SSSR count). The molecule has 0 radical (unpaired) electrons. The molecule has 1 saturated carbocycles. The van der Waals surface area contributed by atoms with Crippen molar-refractivity contribution in [3.63, 3.8) is 0 Å². The van der Waals surface area contributed by atoms with Crippen molar-refractivity contribution in [2.75, 3.05) is 5.73 Å². The van der Waals surface area contributed by atoms with Crippen LogP contribution in [0.2, 0.25) is 0 Å². The van der Waals surface area contributed by atoms with Crippen LogP contribution in [0.4, 0.5) is 5.69 Å². The predicted molar refractivity (Wildman–Crippen MR) is 63.3 cm³/mol. The van der Waals surface area contributed by atoms with E-state index in [4.69, 9.17) is 10.5 Å². The number of ether oxygens (including phenoxy) is 1. The van der Waals surface area contributed by atoms with Crippen LogP contribution in [0.3, 0.4) is 0 Å². The van der Waals surface area contributed by atoms with E-state index in [2.05, 4.69) is 0 Å². The quantitative estimate of drug-likeness (QED) is 0.614. The summed E-state index contributed by atoms with van der Waals surface area (Å²) in [6.07, 6.45) is 4.37. The van der Waals surface area contributed by atoms with Crippen molar-refractivity contribution in [3.05, 3.63) is 29.3 Å². The summed E-state index contributed by atoms with van der Waals surface area (Å²) in [6.45, 7) is 1.94. The summed E-state index contributed by atoms with van der Waals surface area (Å²) in [5.74, 6) is -0.284. The van der Waals surface area contributed by atoms with Crippen molar-refractivity contribution in [2.45, 2.75) is 38.7 Å². The molecule has 1 aliphatic carbocycles. The molecule has 3 nitrogen and oxygen atoms in total. The Balaban J connectivity index is 2.10. The van der Waals surface area contributed by atoms with E-state index < -0.39 is 0 Å². The first-order valence-electron chi connectivity index (χ1n) is 5.74. The second-order valence-corrected chi connectivity index (χ2v) is 4.40. The number of rotatable bonds is 2. The van der Waals surface area contributed by atoms with Crippen LogP contribution >= 0.6 is 0 Å². The molecule has 0 amide bonds. The Bertz CT molecular complexity index is 395. The van der Waals surface area contributed by atoms with Gasteiger partial charge in [0.1, 0.15) is 6.10 Å². The normalized spacial score (nSPS) is 16.3. The summed E-state index contributed by atoms with van der Waals surface area (Å²) in [5, 5.41) is 0. The van der Waals surface area contributed by atoms with Crippen molar-refractivity contribution in [1.29, 1.82) is 0 Å². The van der Waals surface area contributed by atoms with Gasteiger partial charge in [0, 0.05) is 5.69 Å². The van der Waals surface area contributed by atoms with Crippen molar-refractivity contribution >= 4 is 11.7 Å². The number of aryl methyl sites for hydroxylation is 1. The van der Waals surface area contributed by atoms with Crippen molar-refractivity contribution < 1.29 is 9.53 Å². The highest BCUT2D eigenvalue weighted by atomic mass is 16.5. The van der Waals surface area contributed by atoms with Crippen LogP contribution in [-0.4, -0.2) is 12.1 Å². The lowest BCUT2D eigenvalue weighted by Crippen LogP contribution is -2.16. The Kier molecular flexibility index (Phi) is 3.13. The molecule has 3 heteroatoms. The standard InChI is InChI=1S/C13H17NO2/c1-9-6-7-12(14)11(8-9)13(15)16-10-4-2-3-5-10/h6-8,10H,2-5,14H2,1H3. The predicted octanol–water partition coefficient (Wildman–Crippen LogP) is 2.68. The Labute approximate surface area is 95.6 Å². The zero-order chi connectivity index (χ0) is 11.5. The number of carbonyl (C=O) groups excluding carboxylic acids is 1. The number of nitrogens with two attached hydrogens (primary N) is 1. The highest BCUT2D eigenvalue weighted by molar-refractivity contribution is 5.95. The molecule has 16 heavy (non-hydrogen) atoms. The topological polar surface area (TPSA) is 52.3 Å². The number of carbonyl (C=O) groups is 1. The Morgan fingerprint density at radius 3 is 2.75 bits per heavy atom. The summed E-state index contributed by atoms with van der Waals surface area (Å²) in [7, 11) is 0. The maximum Gasteiger partial charge on any atom is 0.340 e. The molecular weight excluding hydrogens is 202 g/mol. The fraction of sp³-hybridized carbons (Fsp3) is 0.462. The fourth-order valence-electron chi connectivity index (χ4n) is 2.07. The molecule has 1 aliphatic rings. The van der Waals surface area contributed by atoms with Gasteiger partial charge in [-0.3, -0.25) is 0 Å². The van der Waals surface area contributed by atoms with E-state index in [9.17, 15) is 4.79 Å². The summed E-state index contributed by atoms with van der Waals surface area (Å²) in [5.41, 5.74) is 7.77. The molecule has 0 saturated heterocycles. The van der Waals surface area contributed by atoms with Crippen LogP contribution in [0.5, 0.6) is 0 Å². The lowest BCUT2D eigenvalue weighted by molar-refractivity contribution is 0.0319. The number of benzene rings is 1. The maximum atomic E-state index is 11.9. The van der Waals surface area contributed by atoms with Crippen molar-refractivity contribution in [2.24, 2.45) is 0 Å². The third-order valence-corrected chi connectivity index (χ3v) is 3.00. The Morgan fingerprint density at radius 1 is 1.38 bits per heavy atom. The van der Waals surface area contributed by atoms with E-state index in [1.54, 1.807) is 12.1 Å². The van der Waals surface area contributed by atoms with Gasteiger partial charge in [-0.2, -0.15) is 0 Å². The molecule has 0 spiro atoms. The first-order chi connectivity index (χ1) is 7.66. The SMILES string of the molecule is Cc1ccc(N)c(C(=O)OC2CCCC2)c1. The molecule has 1 fully saturated rings. The number of esters is 1. The lowest BCUT2D eigenvalue weighted by atomic mass is 10.1. The lowest BCUT2D eigenvalue weighted by Gasteiger charge is -2.12. The second-order valence-electron chi connectivity index (χ2n) is 4.40. The highest BCUT2D eigenvalue weighted by Gasteiger charge is 2.21. The van der Waals surface area contributed by atoms with Crippen LogP contribution in [0.1, 0.15) is 41.6 Å². The van der Waals surface area contributed by atoms with E-state index in [1.807, 2.05) is 13.0 Å². The molecule has 1 aromatic rings. The van der Waals surface area contributed by atoms with Crippen LogP contribution in [0.25, 0.3) is 0 Å². The van der Waals surface area contributed by atoms with E-state index in [0.29, 0.717) is 11.3 Å². The van der Waals surface area contributed by atoms with Gasteiger partial charge in [-0.15, -0.1) is 0 Å². The number of nitrogen functional groups attached to an aromatic ring is 1. The number of hydrogen-bond acceptors (Lipinski definition) is 3. The third-order valence-electron chi connectivity index (χ3n) is 3.00. The largest absolute Gasteiger partial charge is 0.459 e. The zero-order valence-electron chi connectivity index (χ0n) is 9.53.